The fourth-order valence-corrected chi connectivity index (χ4v) is 3.51. The van der Waals surface area contributed by atoms with E-state index in [-0.39, 0.29) is 0 Å². The number of benzene rings is 2. The normalized spacial score (nSPS) is 17.4. The molecular formula is C19H17N. The highest BCUT2D eigenvalue weighted by molar-refractivity contribution is 5.88. The summed E-state index contributed by atoms with van der Waals surface area (Å²) in [5.41, 5.74) is 6.80. The maximum absolute atomic E-state index is 4.57. The quantitative estimate of drug-likeness (QED) is 0.621. The van der Waals surface area contributed by atoms with Gasteiger partial charge in [-0.15, -0.1) is 0 Å². The zero-order valence-corrected chi connectivity index (χ0v) is 11.6. The third-order valence-corrected chi connectivity index (χ3v) is 4.38. The fraction of sp³-hybridized carbons (Fsp3) is 0.211. The van der Waals surface area contributed by atoms with E-state index in [1.54, 1.807) is 0 Å². The van der Waals surface area contributed by atoms with E-state index in [2.05, 4.69) is 60.4 Å². The minimum atomic E-state index is 0.510. The van der Waals surface area contributed by atoms with E-state index >= 15 is 0 Å². The lowest BCUT2D eigenvalue weighted by Gasteiger charge is -2.26. The van der Waals surface area contributed by atoms with E-state index in [1.165, 1.54) is 34.1 Å². The molecule has 20 heavy (non-hydrogen) atoms. The number of hydrogen-bond acceptors (Lipinski definition) is 1. The largest absolute Gasteiger partial charge is 0.256 e. The molecule has 0 spiro atoms. The van der Waals surface area contributed by atoms with E-state index in [4.69, 9.17) is 0 Å². The van der Waals surface area contributed by atoms with E-state index in [0.717, 1.165) is 11.9 Å². The predicted molar refractivity (Wildman–Crippen MR) is 83.1 cm³/mol. The van der Waals surface area contributed by atoms with E-state index in [9.17, 15) is 0 Å². The zero-order valence-electron chi connectivity index (χ0n) is 11.6. The molecule has 0 saturated heterocycles. The van der Waals surface area contributed by atoms with Crippen LogP contribution in [0.25, 0.3) is 10.9 Å². The third-order valence-electron chi connectivity index (χ3n) is 4.38. The maximum Gasteiger partial charge on any atom is 0.0710 e. The number of nitrogens with zero attached hydrogens (tertiary/aromatic N) is 1. The molecule has 1 heteroatoms. The van der Waals surface area contributed by atoms with Crippen LogP contribution in [0.1, 0.15) is 34.6 Å². The average Bonchev–Trinajstić information content (AvgIpc) is 2.48. The SMILES string of the molecule is Cc1cc2c3c(ccnc3c1)CCC2c1ccccc1. The molecule has 1 heterocycles. The van der Waals surface area contributed by atoms with Gasteiger partial charge in [-0.05, 0) is 54.2 Å². The van der Waals surface area contributed by atoms with Crippen LogP contribution in [0.5, 0.6) is 0 Å². The third kappa shape index (κ3) is 1.74. The summed E-state index contributed by atoms with van der Waals surface area (Å²) in [4.78, 5) is 4.57. The van der Waals surface area contributed by atoms with Crippen LogP contribution in [-0.2, 0) is 6.42 Å². The van der Waals surface area contributed by atoms with Gasteiger partial charge in [0.05, 0.1) is 5.52 Å². The van der Waals surface area contributed by atoms with Crippen LogP contribution in [0, 0.1) is 6.92 Å². The second-order valence-corrected chi connectivity index (χ2v) is 5.72. The summed E-state index contributed by atoms with van der Waals surface area (Å²) in [6.07, 6.45) is 4.29. The number of aromatic nitrogens is 1. The van der Waals surface area contributed by atoms with Gasteiger partial charge in [0.25, 0.3) is 0 Å². The highest BCUT2D eigenvalue weighted by atomic mass is 14.6. The van der Waals surface area contributed by atoms with Crippen molar-refractivity contribution in [2.45, 2.75) is 25.7 Å². The van der Waals surface area contributed by atoms with Gasteiger partial charge in [0, 0.05) is 17.5 Å². The predicted octanol–water partition coefficient (Wildman–Crippen LogP) is 4.62. The topological polar surface area (TPSA) is 12.9 Å². The number of aryl methyl sites for hydroxylation is 2. The molecule has 0 saturated carbocycles. The zero-order chi connectivity index (χ0) is 13.5. The molecule has 0 radical (unpaired) electrons. The summed E-state index contributed by atoms with van der Waals surface area (Å²) in [6.45, 7) is 2.17. The highest BCUT2D eigenvalue weighted by Gasteiger charge is 2.23. The van der Waals surface area contributed by atoms with Crippen LogP contribution in [-0.4, -0.2) is 4.98 Å². The number of rotatable bonds is 1. The van der Waals surface area contributed by atoms with Crippen LogP contribution >= 0.6 is 0 Å². The monoisotopic (exact) mass is 259 g/mol. The summed E-state index contributed by atoms with van der Waals surface area (Å²) < 4.78 is 0. The van der Waals surface area contributed by atoms with Crippen molar-refractivity contribution in [1.29, 1.82) is 0 Å². The summed E-state index contributed by atoms with van der Waals surface area (Å²) in [6, 6.07) is 17.6. The first kappa shape index (κ1) is 11.7. The van der Waals surface area contributed by atoms with Crippen LogP contribution in [0.4, 0.5) is 0 Å². The molecule has 0 aliphatic heterocycles. The Morgan fingerprint density at radius 2 is 1.90 bits per heavy atom. The first-order valence-corrected chi connectivity index (χ1v) is 7.26. The minimum Gasteiger partial charge on any atom is -0.256 e. The van der Waals surface area contributed by atoms with Gasteiger partial charge in [0.2, 0.25) is 0 Å². The number of hydrogen-bond donors (Lipinski definition) is 0. The Morgan fingerprint density at radius 1 is 1.05 bits per heavy atom. The number of pyridine rings is 1. The Labute approximate surface area is 119 Å². The van der Waals surface area contributed by atoms with Crippen LogP contribution < -0.4 is 0 Å². The molecule has 98 valence electrons. The average molecular weight is 259 g/mol. The molecule has 1 nitrogen and oxygen atoms in total. The molecular weight excluding hydrogens is 242 g/mol. The molecule has 0 bridgehead atoms. The molecule has 0 fully saturated rings. The van der Waals surface area contributed by atoms with Crippen LogP contribution in [0.2, 0.25) is 0 Å². The molecule has 2 aromatic carbocycles. The van der Waals surface area contributed by atoms with Gasteiger partial charge in [-0.25, -0.2) is 0 Å². The van der Waals surface area contributed by atoms with Crippen LogP contribution in [0.3, 0.4) is 0 Å². The lowest BCUT2D eigenvalue weighted by molar-refractivity contribution is 0.703. The van der Waals surface area contributed by atoms with E-state index < -0.39 is 0 Å². The Bertz CT molecular complexity index is 774. The van der Waals surface area contributed by atoms with E-state index in [0.29, 0.717) is 5.92 Å². The van der Waals surface area contributed by atoms with Crippen molar-refractivity contribution in [3.05, 3.63) is 77.0 Å². The van der Waals surface area contributed by atoms with Crippen molar-refractivity contribution in [2.24, 2.45) is 0 Å². The Morgan fingerprint density at radius 3 is 2.75 bits per heavy atom. The van der Waals surface area contributed by atoms with Gasteiger partial charge >= 0.3 is 0 Å². The first-order valence-electron chi connectivity index (χ1n) is 7.26. The summed E-state index contributed by atoms with van der Waals surface area (Å²) in [5, 5.41) is 1.39. The summed E-state index contributed by atoms with van der Waals surface area (Å²) >= 11 is 0. The van der Waals surface area contributed by atoms with Gasteiger partial charge in [-0.3, -0.25) is 4.98 Å². The molecule has 1 atom stereocenters. The molecule has 0 N–H and O–H groups in total. The summed E-state index contributed by atoms with van der Waals surface area (Å²) in [7, 11) is 0. The molecule has 3 aromatic rings. The second kappa shape index (κ2) is 4.45. The molecule has 1 aliphatic rings. The van der Waals surface area contributed by atoms with Gasteiger partial charge in [0.1, 0.15) is 0 Å². The van der Waals surface area contributed by atoms with Crippen molar-refractivity contribution in [1.82, 2.24) is 4.98 Å². The summed E-state index contributed by atoms with van der Waals surface area (Å²) in [5.74, 6) is 0.510. The smallest absolute Gasteiger partial charge is 0.0710 e. The Balaban J connectivity index is 2.00. The Hall–Kier alpha value is -2.15. The van der Waals surface area contributed by atoms with E-state index in [1.807, 2.05) is 6.20 Å². The van der Waals surface area contributed by atoms with Crippen molar-refractivity contribution < 1.29 is 0 Å². The van der Waals surface area contributed by atoms with Crippen molar-refractivity contribution in [3.63, 3.8) is 0 Å². The molecule has 4 rings (SSSR count). The molecule has 1 unspecified atom stereocenters. The van der Waals surface area contributed by atoms with Crippen molar-refractivity contribution in [2.75, 3.05) is 0 Å². The van der Waals surface area contributed by atoms with Gasteiger partial charge < -0.3 is 0 Å². The maximum atomic E-state index is 4.57. The molecule has 1 aromatic heterocycles. The Kier molecular flexibility index (Phi) is 2.59. The molecule has 0 amide bonds. The lowest BCUT2D eigenvalue weighted by atomic mass is 9.78. The standard InChI is InChI=1S/C19H17N/c1-13-11-17-16(14-5-3-2-4-6-14)8-7-15-9-10-20-18(12-13)19(15)17/h2-6,9-12,16H,7-8H2,1H3. The van der Waals surface area contributed by atoms with Crippen LogP contribution in [0.15, 0.2) is 54.7 Å². The lowest BCUT2D eigenvalue weighted by Crippen LogP contribution is -2.10. The first-order chi connectivity index (χ1) is 9.83. The second-order valence-electron chi connectivity index (χ2n) is 5.72. The molecule has 1 aliphatic carbocycles. The fourth-order valence-electron chi connectivity index (χ4n) is 3.51. The van der Waals surface area contributed by atoms with Gasteiger partial charge in [-0.1, -0.05) is 36.4 Å². The highest BCUT2D eigenvalue weighted by Crippen LogP contribution is 2.40. The van der Waals surface area contributed by atoms with Gasteiger partial charge in [0.15, 0.2) is 0 Å². The minimum absolute atomic E-state index is 0.510. The van der Waals surface area contributed by atoms with Crippen molar-refractivity contribution in [3.8, 4) is 0 Å². The van der Waals surface area contributed by atoms with Gasteiger partial charge in [-0.2, -0.15) is 0 Å². The van der Waals surface area contributed by atoms with Crippen molar-refractivity contribution >= 4 is 10.9 Å².